The normalized spacial score (nSPS) is 25.5. The van der Waals surface area contributed by atoms with Gasteiger partial charge in [-0.2, -0.15) is 0 Å². The summed E-state index contributed by atoms with van der Waals surface area (Å²) in [5.74, 6) is 0.567. The number of hydrogen-bond acceptors (Lipinski definition) is 5. The molecule has 0 aliphatic carbocycles. The first-order valence-corrected chi connectivity index (χ1v) is 5.21. The summed E-state index contributed by atoms with van der Waals surface area (Å²) in [6.45, 7) is 5.22. The fourth-order valence-corrected chi connectivity index (χ4v) is 2.17. The maximum Gasteiger partial charge on any atom is 0.294 e. The van der Waals surface area contributed by atoms with Crippen molar-refractivity contribution in [3.8, 4) is 0 Å². The van der Waals surface area contributed by atoms with Gasteiger partial charge in [0.25, 0.3) is 6.47 Å². The molecule has 4 nitrogen and oxygen atoms in total. The van der Waals surface area contributed by atoms with E-state index in [0.29, 0.717) is 31.9 Å². The van der Waals surface area contributed by atoms with Gasteiger partial charge in [-0.25, -0.2) is 0 Å². The van der Waals surface area contributed by atoms with Gasteiger partial charge in [-0.1, -0.05) is 0 Å². The van der Waals surface area contributed by atoms with E-state index in [2.05, 4.69) is 12.9 Å². The van der Waals surface area contributed by atoms with Crippen LogP contribution in [0.5, 0.6) is 0 Å². The Kier molecular flexibility index (Phi) is 4.47. The van der Waals surface area contributed by atoms with Gasteiger partial charge in [0.15, 0.2) is 11.4 Å². The molecule has 5 heteroatoms. The molecule has 0 bridgehead atoms. The molecule has 15 heavy (non-hydrogen) atoms. The fraction of sp³-hybridized carbons (Fsp3) is 0.700. The van der Waals surface area contributed by atoms with Gasteiger partial charge in [-0.05, 0) is 32.3 Å². The Hall–Kier alpha value is -0.680. The lowest BCUT2D eigenvalue weighted by molar-refractivity contribution is -0.155. The van der Waals surface area contributed by atoms with Crippen LogP contribution in [0.4, 0.5) is 0 Å². The molecule has 1 atom stereocenters. The van der Waals surface area contributed by atoms with Crippen LogP contribution < -0.4 is 0 Å². The van der Waals surface area contributed by atoms with Crippen LogP contribution in [-0.2, 0) is 18.5 Å². The molecule has 1 aliphatic heterocycles. The van der Waals surface area contributed by atoms with E-state index in [0.717, 1.165) is 12.0 Å². The molecule has 0 N–H and O–H groups in total. The molecule has 1 saturated heterocycles. The highest BCUT2D eigenvalue weighted by molar-refractivity contribution is 7.75. The molecule has 1 rings (SSSR count). The lowest BCUT2D eigenvalue weighted by atomic mass is 9.92. The van der Waals surface area contributed by atoms with Crippen LogP contribution in [0.25, 0.3) is 0 Å². The lowest BCUT2D eigenvalue weighted by Crippen LogP contribution is -2.43. The van der Waals surface area contributed by atoms with Crippen molar-refractivity contribution in [3.05, 3.63) is 11.3 Å². The summed E-state index contributed by atoms with van der Waals surface area (Å²) in [6, 6.07) is 0. The van der Waals surface area contributed by atoms with Crippen molar-refractivity contribution in [1.29, 1.82) is 0 Å². The van der Waals surface area contributed by atoms with Gasteiger partial charge < -0.3 is 13.7 Å². The summed E-state index contributed by atoms with van der Waals surface area (Å²) in [6.07, 6.45) is 1.54. The average molecular weight is 232 g/mol. The van der Waals surface area contributed by atoms with Crippen molar-refractivity contribution in [2.24, 2.45) is 0 Å². The highest BCUT2D eigenvalue weighted by Gasteiger charge is 2.41. The van der Waals surface area contributed by atoms with Gasteiger partial charge in [-0.3, -0.25) is 4.79 Å². The third kappa shape index (κ3) is 2.66. The molecule has 1 fully saturated rings. The zero-order chi connectivity index (χ0) is 11.3. The second kappa shape index (κ2) is 5.42. The molecule has 0 radical (unpaired) electrons. The molecule has 1 unspecified atom stereocenters. The van der Waals surface area contributed by atoms with Crippen LogP contribution in [0.15, 0.2) is 11.3 Å². The highest BCUT2D eigenvalue weighted by atomic mass is 32.1. The lowest BCUT2D eigenvalue weighted by Gasteiger charge is -2.36. The van der Waals surface area contributed by atoms with Crippen molar-refractivity contribution < 1.29 is 18.5 Å². The second-order valence-electron chi connectivity index (χ2n) is 3.78. The number of allylic oxidation sites excluding steroid dienone is 1. The maximum atomic E-state index is 10.5. The Bertz CT molecular complexity index is 252. The smallest absolute Gasteiger partial charge is 0.294 e. The Morgan fingerprint density at radius 2 is 2.27 bits per heavy atom. The van der Waals surface area contributed by atoms with Gasteiger partial charge in [0.2, 0.25) is 0 Å². The van der Waals surface area contributed by atoms with E-state index in [1.165, 1.54) is 0 Å². The van der Waals surface area contributed by atoms with E-state index < -0.39 is 5.60 Å². The number of hydrogen-bond donors (Lipinski definition) is 1. The Labute approximate surface area is 95.2 Å². The second-order valence-corrected chi connectivity index (χ2v) is 3.97. The quantitative estimate of drug-likeness (QED) is 0.348. The number of carbonyl (C=O) groups excluding carboxylic acids is 1. The first-order valence-electron chi connectivity index (χ1n) is 4.85. The maximum absolute atomic E-state index is 10.5. The van der Waals surface area contributed by atoms with Crippen LogP contribution in [0.3, 0.4) is 0 Å². The standard InChI is InChI=1S/C10H16O4S/c1-8(2)9(14-15)10(13-7-11)4-3-5-12-6-10/h7,15H,3-6H2,1-2H3. The van der Waals surface area contributed by atoms with Gasteiger partial charge >= 0.3 is 0 Å². The third-order valence-corrected chi connectivity index (χ3v) is 2.62. The molecular formula is C10H16O4S. The molecule has 1 aliphatic rings. The SMILES string of the molecule is CC(C)=C(OS)C1(OC=O)CCCOC1. The molecule has 86 valence electrons. The van der Waals surface area contributed by atoms with Crippen LogP contribution in [0.1, 0.15) is 26.7 Å². The Morgan fingerprint density at radius 1 is 1.53 bits per heavy atom. The molecule has 0 aromatic carbocycles. The number of ether oxygens (including phenoxy) is 2. The zero-order valence-corrected chi connectivity index (χ0v) is 9.88. The molecular weight excluding hydrogens is 216 g/mol. The molecule has 0 saturated carbocycles. The predicted molar refractivity (Wildman–Crippen MR) is 58.4 cm³/mol. The summed E-state index contributed by atoms with van der Waals surface area (Å²) in [7, 11) is 0. The van der Waals surface area contributed by atoms with Crippen LogP contribution in [0.2, 0.25) is 0 Å². The van der Waals surface area contributed by atoms with E-state index >= 15 is 0 Å². The monoisotopic (exact) mass is 232 g/mol. The van der Waals surface area contributed by atoms with Crippen molar-refractivity contribution in [1.82, 2.24) is 0 Å². The summed E-state index contributed by atoms with van der Waals surface area (Å²) in [5, 5.41) is 0. The minimum absolute atomic E-state index is 0.326. The van der Waals surface area contributed by atoms with Gasteiger partial charge in [0, 0.05) is 19.5 Å². The van der Waals surface area contributed by atoms with Crippen LogP contribution >= 0.6 is 12.9 Å². The Morgan fingerprint density at radius 3 is 2.67 bits per heavy atom. The summed E-state index contributed by atoms with van der Waals surface area (Å²) < 4.78 is 15.5. The first kappa shape index (κ1) is 12.4. The van der Waals surface area contributed by atoms with Crippen molar-refractivity contribution in [2.75, 3.05) is 13.2 Å². The van der Waals surface area contributed by atoms with Crippen molar-refractivity contribution in [2.45, 2.75) is 32.3 Å². The van der Waals surface area contributed by atoms with Crippen LogP contribution in [-0.4, -0.2) is 25.3 Å². The third-order valence-electron chi connectivity index (χ3n) is 2.44. The topological polar surface area (TPSA) is 44.8 Å². The van der Waals surface area contributed by atoms with E-state index in [4.69, 9.17) is 13.7 Å². The first-order chi connectivity index (χ1) is 7.16. The molecule has 0 aromatic rings. The van der Waals surface area contributed by atoms with Crippen molar-refractivity contribution in [3.63, 3.8) is 0 Å². The number of thiol groups is 1. The molecule has 0 amide bonds. The summed E-state index contributed by atoms with van der Waals surface area (Å²) in [5.41, 5.74) is 0.137. The van der Waals surface area contributed by atoms with E-state index in [9.17, 15) is 4.79 Å². The minimum Gasteiger partial charge on any atom is -0.451 e. The Balaban J connectivity index is 2.97. The largest absolute Gasteiger partial charge is 0.451 e. The van der Waals surface area contributed by atoms with Crippen LogP contribution in [0, 0.1) is 0 Å². The van der Waals surface area contributed by atoms with Crippen molar-refractivity contribution >= 4 is 19.4 Å². The number of rotatable bonds is 4. The van der Waals surface area contributed by atoms with Gasteiger partial charge in [-0.15, -0.1) is 0 Å². The fourth-order valence-electron chi connectivity index (χ4n) is 1.82. The molecule has 1 heterocycles. The average Bonchev–Trinajstić information content (AvgIpc) is 2.19. The van der Waals surface area contributed by atoms with E-state index in [1.54, 1.807) is 0 Å². The van der Waals surface area contributed by atoms with Gasteiger partial charge in [0.1, 0.15) is 0 Å². The van der Waals surface area contributed by atoms with E-state index in [-0.39, 0.29) is 0 Å². The summed E-state index contributed by atoms with van der Waals surface area (Å²) in [4.78, 5) is 10.5. The molecule has 0 aromatic heterocycles. The number of carbonyl (C=O) groups is 1. The zero-order valence-electron chi connectivity index (χ0n) is 8.99. The van der Waals surface area contributed by atoms with E-state index in [1.807, 2.05) is 13.8 Å². The highest BCUT2D eigenvalue weighted by Crippen LogP contribution is 2.33. The minimum atomic E-state index is -0.791. The van der Waals surface area contributed by atoms with Gasteiger partial charge in [0.05, 0.1) is 6.61 Å². The molecule has 0 spiro atoms. The summed E-state index contributed by atoms with van der Waals surface area (Å²) >= 11 is 3.80. The predicted octanol–water partition coefficient (Wildman–Crippen LogP) is 1.86.